The second kappa shape index (κ2) is 6.92. The van der Waals surface area contributed by atoms with Gasteiger partial charge in [0.25, 0.3) is 0 Å². The summed E-state index contributed by atoms with van der Waals surface area (Å²) in [6.07, 6.45) is 0. The zero-order chi connectivity index (χ0) is 15.3. The van der Waals surface area contributed by atoms with Crippen LogP contribution in [0.3, 0.4) is 0 Å². The number of urea groups is 1. The number of benzene rings is 1. The molecule has 0 atom stereocenters. The van der Waals surface area contributed by atoms with Crippen LogP contribution in [0.25, 0.3) is 0 Å². The number of amides is 3. The quantitative estimate of drug-likeness (QED) is 0.781. The van der Waals surface area contributed by atoms with Gasteiger partial charge in [0.1, 0.15) is 6.54 Å². The summed E-state index contributed by atoms with van der Waals surface area (Å²) < 4.78 is 1.04. The number of nitrogens with zero attached hydrogens (tertiary/aromatic N) is 1. The molecule has 110 valence electrons. The van der Waals surface area contributed by atoms with Gasteiger partial charge in [0.2, 0.25) is 5.91 Å². The zero-order valence-electron chi connectivity index (χ0n) is 12.2. The summed E-state index contributed by atoms with van der Waals surface area (Å²) in [5.41, 5.74) is 0.411. The predicted octanol–water partition coefficient (Wildman–Crippen LogP) is 2.67. The highest BCUT2D eigenvalue weighted by Gasteiger charge is 2.17. The molecule has 0 bridgehead atoms. The lowest BCUT2D eigenvalue weighted by Crippen LogP contribution is -2.47. The minimum absolute atomic E-state index is 0.0209. The van der Waals surface area contributed by atoms with Crippen molar-refractivity contribution in [1.29, 1.82) is 0 Å². The molecule has 5 nitrogen and oxygen atoms in total. The van der Waals surface area contributed by atoms with E-state index in [1.807, 2.05) is 45.0 Å². The summed E-state index contributed by atoms with van der Waals surface area (Å²) in [5.74, 6) is -0.183. The van der Waals surface area contributed by atoms with Crippen LogP contribution in [0.4, 0.5) is 10.5 Å². The van der Waals surface area contributed by atoms with Crippen LogP contribution in [0, 0.1) is 3.57 Å². The highest BCUT2D eigenvalue weighted by atomic mass is 127. The molecule has 1 aromatic carbocycles. The van der Waals surface area contributed by atoms with E-state index < -0.39 is 0 Å². The Morgan fingerprint density at radius 2 is 1.95 bits per heavy atom. The topological polar surface area (TPSA) is 61.4 Å². The minimum atomic E-state index is -0.309. The molecule has 0 saturated heterocycles. The van der Waals surface area contributed by atoms with Crippen LogP contribution >= 0.6 is 22.6 Å². The summed E-state index contributed by atoms with van der Waals surface area (Å²) in [6.45, 7) is 5.72. The Bertz CT molecular complexity index is 497. The number of carbonyl (C=O) groups is 2. The third-order valence-corrected chi connectivity index (χ3v) is 2.99. The Morgan fingerprint density at radius 1 is 1.30 bits per heavy atom. The minimum Gasteiger partial charge on any atom is -0.350 e. The molecule has 0 saturated carbocycles. The van der Waals surface area contributed by atoms with Crippen molar-refractivity contribution in [2.24, 2.45) is 0 Å². The number of rotatable bonds is 3. The van der Waals surface area contributed by atoms with E-state index in [1.165, 1.54) is 4.90 Å². The first-order valence-corrected chi connectivity index (χ1v) is 7.34. The Labute approximate surface area is 133 Å². The molecule has 1 aromatic rings. The molecule has 0 aromatic heterocycles. The number of likely N-dealkylation sites (N-methyl/N-ethyl adjacent to an activating group) is 1. The van der Waals surface area contributed by atoms with Crippen molar-refractivity contribution in [1.82, 2.24) is 10.2 Å². The molecule has 20 heavy (non-hydrogen) atoms. The molecule has 0 fully saturated rings. The summed E-state index contributed by atoms with van der Waals surface area (Å²) in [6, 6.07) is 7.17. The lowest BCUT2D eigenvalue weighted by molar-refractivity contribution is -0.122. The average molecular weight is 389 g/mol. The third kappa shape index (κ3) is 6.23. The van der Waals surface area contributed by atoms with Gasteiger partial charge >= 0.3 is 6.03 Å². The van der Waals surface area contributed by atoms with Gasteiger partial charge in [-0.2, -0.15) is 0 Å². The van der Waals surface area contributed by atoms with Gasteiger partial charge in [0.05, 0.1) is 0 Å². The molecular weight excluding hydrogens is 369 g/mol. The maximum absolute atomic E-state index is 12.0. The Hall–Kier alpha value is -1.31. The van der Waals surface area contributed by atoms with Gasteiger partial charge in [-0.3, -0.25) is 4.79 Å². The van der Waals surface area contributed by atoms with Crippen LogP contribution in [0.1, 0.15) is 20.8 Å². The third-order valence-electron chi connectivity index (χ3n) is 2.32. The molecule has 0 unspecified atom stereocenters. The molecule has 0 spiro atoms. The molecule has 2 N–H and O–H groups in total. The Morgan fingerprint density at radius 3 is 2.50 bits per heavy atom. The van der Waals surface area contributed by atoms with Gasteiger partial charge in [-0.25, -0.2) is 4.79 Å². The summed E-state index contributed by atoms with van der Waals surface area (Å²) in [7, 11) is 1.59. The van der Waals surface area contributed by atoms with E-state index in [2.05, 4.69) is 33.2 Å². The monoisotopic (exact) mass is 389 g/mol. The van der Waals surface area contributed by atoms with Crippen molar-refractivity contribution < 1.29 is 9.59 Å². The van der Waals surface area contributed by atoms with E-state index in [9.17, 15) is 9.59 Å². The number of anilines is 1. The molecule has 0 aliphatic heterocycles. The van der Waals surface area contributed by atoms with E-state index in [1.54, 1.807) is 7.05 Å². The molecule has 0 radical (unpaired) electrons. The number of carbonyl (C=O) groups excluding carboxylic acids is 2. The van der Waals surface area contributed by atoms with Crippen molar-refractivity contribution in [3.63, 3.8) is 0 Å². The molecule has 3 amide bonds. The van der Waals surface area contributed by atoms with Crippen molar-refractivity contribution in [2.45, 2.75) is 26.3 Å². The van der Waals surface area contributed by atoms with Crippen LogP contribution in [0.2, 0.25) is 0 Å². The summed E-state index contributed by atoms with van der Waals surface area (Å²) in [5, 5.41) is 5.57. The number of halogens is 1. The maximum Gasteiger partial charge on any atom is 0.322 e. The highest BCUT2D eigenvalue weighted by Crippen LogP contribution is 2.12. The molecule has 0 aliphatic rings. The van der Waals surface area contributed by atoms with Gasteiger partial charge < -0.3 is 15.5 Å². The van der Waals surface area contributed by atoms with Crippen molar-refractivity contribution in [2.75, 3.05) is 18.9 Å². The van der Waals surface area contributed by atoms with E-state index in [0.717, 1.165) is 3.57 Å². The van der Waals surface area contributed by atoms with E-state index in [-0.39, 0.29) is 24.0 Å². The number of hydrogen-bond acceptors (Lipinski definition) is 2. The maximum atomic E-state index is 12.0. The van der Waals surface area contributed by atoms with E-state index in [0.29, 0.717) is 5.69 Å². The van der Waals surface area contributed by atoms with Crippen LogP contribution < -0.4 is 10.6 Å². The van der Waals surface area contributed by atoms with Gasteiger partial charge in [-0.15, -0.1) is 0 Å². The smallest absolute Gasteiger partial charge is 0.322 e. The van der Waals surface area contributed by atoms with Crippen LogP contribution in [0.15, 0.2) is 24.3 Å². The first-order chi connectivity index (χ1) is 9.17. The first kappa shape index (κ1) is 16.7. The predicted molar refractivity (Wildman–Crippen MR) is 88.7 cm³/mol. The fourth-order valence-corrected chi connectivity index (χ4v) is 2.07. The molecule has 1 rings (SSSR count). The van der Waals surface area contributed by atoms with Crippen molar-refractivity contribution in [3.05, 3.63) is 27.8 Å². The summed E-state index contributed by atoms with van der Waals surface area (Å²) in [4.78, 5) is 25.1. The van der Waals surface area contributed by atoms with Crippen LogP contribution in [-0.4, -0.2) is 36.0 Å². The van der Waals surface area contributed by atoms with Gasteiger partial charge in [0.15, 0.2) is 0 Å². The molecule has 6 heteroatoms. The van der Waals surface area contributed by atoms with Gasteiger partial charge in [-0.1, -0.05) is 6.07 Å². The standard InChI is InChI=1S/C14H20IN3O2/c1-14(2,3)17-12(19)9-18(4)13(20)16-11-7-5-6-10(15)8-11/h5-8H,9H2,1-4H3,(H,16,20)(H,17,19). The zero-order valence-corrected chi connectivity index (χ0v) is 14.3. The molecule has 0 heterocycles. The van der Waals surface area contributed by atoms with Crippen molar-refractivity contribution >= 4 is 40.2 Å². The van der Waals surface area contributed by atoms with Crippen LogP contribution in [0.5, 0.6) is 0 Å². The van der Waals surface area contributed by atoms with E-state index >= 15 is 0 Å². The lowest BCUT2D eigenvalue weighted by Gasteiger charge is -2.23. The van der Waals surface area contributed by atoms with Gasteiger partial charge in [-0.05, 0) is 61.6 Å². The SMILES string of the molecule is CN(CC(=O)NC(C)(C)C)C(=O)Nc1cccc(I)c1. The Balaban J connectivity index is 2.53. The first-order valence-electron chi connectivity index (χ1n) is 6.26. The Kier molecular flexibility index (Phi) is 5.79. The van der Waals surface area contributed by atoms with E-state index in [4.69, 9.17) is 0 Å². The number of hydrogen-bond donors (Lipinski definition) is 2. The van der Waals surface area contributed by atoms with Gasteiger partial charge in [0, 0.05) is 21.8 Å². The normalized spacial score (nSPS) is 10.8. The second-order valence-corrected chi connectivity index (χ2v) is 6.84. The van der Waals surface area contributed by atoms with Crippen molar-refractivity contribution in [3.8, 4) is 0 Å². The number of nitrogens with one attached hydrogen (secondary N) is 2. The molecular formula is C14H20IN3O2. The fourth-order valence-electron chi connectivity index (χ4n) is 1.53. The lowest BCUT2D eigenvalue weighted by atomic mass is 10.1. The fraction of sp³-hybridized carbons (Fsp3) is 0.429. The second-order valence-electron chi connectivity index (χ2n) is 5.59. The molecule has 0 aliphatic carbocycles. The average Bonchev–Trinajstić information content (AvgIpc) is 2.25. The van der Waals surface area contributed by atoms with Crippen LogP contribution in [-0.2, 0) is 4.79 Å². The largest absolute Gasteiger partial charge is 0.350 e. The summed E-state index contributed by atoms with van der Waals surface area (Å²) >= 11 is 2.18. The highest BCUT2D eigenvalue weighted by molar-refractivity contribution is 14.1.